The molecule has 1 aromatic carbocycles. The first-order valence-corrected chi connectivity index (χ1v) is 9.12. The molecule has 1 aromatic heterocycles. The third-order valence-corrected chi connectivity index (χ3v) is 4.97. The average molecular weight is 356 g/mol. The standard InChI is InChI=1S/C20H24N2O4/c1-13-10-17(20(23)21-12-16-4-3-7-24-16)14(2)22(13)15-5-6-18-19(11-15)26-9-8-25-18/h5-6,10-11,16H,3-4,7-9,12H2,1-2H3,(H,21,23). The first kappa shape index (κ1) is 17.0. The van der Waals surface area contributed by atoms with Crippen molar-refractivity contribution in [1.29, 1.82) is 0 Å². The number of nitrogens with zero attached hydrogens (tertiary/aromatic N) is 1. The highest BCUT2D eigenvalue weighted by molar-refractivity contribution is 5.96. The number of rotatable bonds is 4. The van der Waals surface area contributed by atoms with Crippen molar-refractivity contribution in [1.82, 2.24) is 9.88 Å². The Morgan fingerprint density at radius 2 is 1.96 bits per heavy atom. The summed E-state index contributed by atoms with van der Waals surface area (Å²) in [7, 11) is 0. The average Bonchev–Trinajstić information content (AvgIpc) is 3.27. The van der Waals surface area contributed by atoms with Crippen LogP contribution in [0.4, 0.5) is 0 Å². The minimum atomic E-state index is -0.0580. The number of benzene rings is 1. The first-order chi connectivity index (χ1) is 12.6. The number of aryl methyl sites for hydroxylation is 1. The van der Waals surface area contributed by atoms with Crippen molar-refractivity contribution in [2.24, 2.45) is 0 Å². The maximum absolute atomic E-state index is 12.6. The number of ether oxygens (including phenoxy) is 3. The summed E-state index contributed by atoms with van der Waals surface area (Å²) in [5.41, 5.74) is 3.56. The summed E-state index contributed by atoms with van der Waals surface area (Å²) >= 11 is 0. The second kappa shape index (κ2) is 7.03. The van der Waals surface area contributed by atoms with E-state index in [-0.39, 0.29) is 12.0 Å². The Hall–Kier alpha value is -2.47. The van der Waals surface area contributed by atoms with Gasteiger partial charge in [0.1, 0.15) is 13.2 Å². The van der Waals surface area contributed by atoms with Gasteiger partial charge in [-0.3, -0.25) is 4.79 Å². The molecule has 1 amide bonds. The van der Waals surface area contributed by atoms with Crippen LogP contribution in [0, 0.1) is 13.8 Å². The lowest BCUT2D eigenvalue weighted by Crippen LogP contribution is -2.32. The fourth-order valence-corrected chi connectivity index (χ4v) is 3.67. The molecule has 0 radical (unpaired) electrons. The molecule has 0 spiro atoms. The summed E-state index contributed by atoms with van der Waals surface area (Å²) in [4.78, 5) is 12.6. The Morgan fingerprint density at radius 3 is 2.73 bits per heavy atom. The number of carbonyl (C=O) groups is 1. The summed E-state index contributed by atoms with van der Waals surface area (Å²) in [5, 5.41) is 3.00. The monoisotopic (exact) mass is 356 g/mol. The third-order valence-electron chi connectivity index (χ3n) is 4.97. The van der Waals surface area contributed by atoms with Crippen LogP contribution < -0.4 is 14.8 Å². The molecule has 1 atom stereocenters. The zero-order valence-electron chi connectivity index (χ0n) is 15.2. The number of hydrogen-bond donors (Lipinski definition) is 1. The quantitative estimate of drug-likeness (QED) is 0.915. The molecule has 1 saturated heterocycles. The largest absolute Gasteiger partial charge is 0.486 e. The van der Waals surface area contributed by atoms with Crippen LogP contribution in [0.2, 0.25) is 0 Å². The van der Waals surface area contributed by atoms with Crippen molar-refractivity contribution in [2.45, 2.75) is 32.8 Å². The zero-order valence-corrected chi connectivity index (χ0v) is 15.2. The number of aromatic nitrogens is 1. The minimum Gasteiger partial charge on any atom is -0.486 e. The van der Waals surface area contributed by atoms with E-state index in [1.165, 1.54) is 0 Å². The fraction of sp³-hybridized carbons (Fsp3) is 0.450. The van der Waals surface area contributed by atoms with E-state index in [0.29, 0.717) is 25.3 Å². The summed E-state index contributed by atoms with van der Waals surface area (Å²) in [6.45, 7) is 6.44. The molecule has 2 aromatic rings. The van der Waals surface area contributed by atoms with Crippen LogP contribution in [0.25, 0.3) is 5.69 Å². The molecule has 6 nitrogen and oxygen atoms in total. The maximum Gasteiger partial charge on any atom is 0.253 e. The summed E-state index contributed by atoms with van der Waals surface area (Å²) in [6.07, 6.45) is 2.22. The van der Waals surface area contributed by atoms with Crippen LogP contribution >= 0.6 is 0 Å². The van der Waals surface area contributed by atoms with E-state index < -0.39 is 0 Å². The van der Waals surface area contributed by atoms with Gasteiger partial charge in [-0.25, -0.2) is 0 Å². The van der Waals surface area contributed by atoms with Crippen LogP contribution in [-0.2, 0) is 4.74 Å². The van der Waals surface area contributed by atoms with E-state index >= 15 is 0 Å². The predicted octanol–water partition coefficient (Wildman–Crippen LogP) is 2.77. The van der Waals surface area contributed by atoms with Crippen LogP contribution in [0.5, 0.6) is 11.5 Å². The van der Waals surface area contributed by atoms with Crippen LogP contribution in [-0.4, -0.2) is 42.9 Å². The molecule has 0 saturated carbocycles. The van der Waals surface area contributed by atoms with Crippen molar-refractivity contribution in [3.05, 3.63) is 41.2 Å². The Labute approximate surface area is 153 Å². The SMILES string of the molecule is Cc1cc(C(=O)NCC2CCCO2)c(C)n1-c1ccc2c(c1)OCCO2. The lowest BCUT2D eigenvalue weighted by molar-refractivity contribution is 0.0857. The van der Waals surface area contributed by atoms with E-state index in [0.717, 1.165) is 48.0 Å². The van der Waals surface area contributed by atoms with Crippen LogP contribution in [0.3, 0.4) is 0 Å². The fourth-order valence-electron chi connectivity index (χ4n) is 3.67. The normalized spacial score (nSPS) is 18.8. The van der Waals surface area contributed by atoms with Gasteiger partial charge in [-0.05, 0) is 44.9 Å². The summed E-state index contributed by atoms with van der Waals surface area (Å²) in [6, 6.07) is 7.79. The summed E-state index contributed by atoms with van der Waals surface area (Å²) < 4.78 is 18.9. The molecule has 138 valence electrons. The van der Waals surface area contributed by atoms with Gasteiger partial charge in [-0.15, -0.1) is 0 Å². The van der Waals surface area contributed by atoms with Crippen molar-refractivity contribution in [3.8, 4) is 17.2 Å². The molecule has 4 rings (SSSR count). The zero-order chi connectivity index (χ0) is 18.1. The molecule has 0 bridgehead atoms. The molecule has 2 aliphatic heterocycles. The highest BCUT2D eigenvalue weighted by Gasteiger charge is 2.21. The van der Waals surface area contributed by atoms with E-state index in [1.54, 1.807) is 0 Å². The van der Waals surface area contributed by atoms with Crippen LogP contribution in [0.15, 0.2) is 24.3 Å². The van der Waals surface area contributed by atoms with Gasteiger partial charge >= 0.3 is 0 Å². The van der Waals surface area contributed by atoms with E-state index in [4.69, 9.17) is 14.2 Å². The van der Waals surface area contributed by atoms with E-state index in [1.807, 2.05) is 38.1 Å². The molecule has 26 heavy (non-hydrogen) atoms. The molecule has 1 N–H and O–H groups in total. The Kier molecular flexibility index (Phi) is 4.59. The smallest absolute Gasteiger partial charge is 0.253 e. The van der Waals surface area contributed by atoms with Gasteiger partial charge in [-0.2, -0.15) is 0 Å². The Bertz CT molecular complexity index is 821. The molecule has 2 aliphatic rings. The van der Waals surface area contributed by atoms with Gasteiger partial charge in [0.05, 0.1) is 11.7 Å². The highest BCUT2D eigenvalue weighted by atomic mass is 16.6. The van der Waals surface area contributed by atoms with Crippen molar-refractivity contribution in [3.63, 3.8) is 0 Å². The van der Waals surface area contributed by atoms with Gasteiger partial charge in [0.2, 0.25) is 0 Å². The number of carbonyl (C=O) groups excluding carboxylic acids is 1. The third kappa shape index (κ3) is 3.17. The predicted molar refractivity (Wildman–Crippen MR) is 97.5 cm³/mol. The number of fused-ring (bicyclic) bond motifs is 1. The molecule has 1 unspecified atom stereocenters. The van der Waals surface area contributed by atoms with E-state index in [9.17, 15) is 4.79 Å². The first-order valence-electron chi connectivity index (χ1n) is 9.12. The van der Waals surface area contributed by atoms with E-state index in [2.05, 4.69) is 9.88 Å². The second-order valence-electron chi connectivity index (χ2n) is 6.79. The van der Waals surface area contributed by atoms with Gasteiger partial charge < -0.3 is 24.1 Å². The maximum atomic E-state index is 12.6. The molecular weight excluding hydrogens is 332 g/mol. The summed E-state index contributed by atoms with van der Waals surface area (Å²) in [5.74, 6) is 1.44. The van der Waals surface area contributed by atoms with Crippen molar-refractivity contribution >= 4 is 5.91 Å². The Morgan fingerprint density at radius 1 is 1.15 bits per heavy atom. The molecule has 1 fully saturated rings. The second-order valence-corrected chi connectivity index (χ2v) is 6.79. The number of hydrogen-bond acceptors (Lipinski definition) is 4. The van der Waals surface area contributed by atoms with Gasteiger partial charge in [0.25, 0.3) is 5.91 Å². The minimum absolute atomic E-state index is 0.0580. The van der Waals surface area contributed by atoms with Gasteiger partial charge in [0, 0.05) is 36.3 Å². The number of nitrogens with one attached hydrogen (secondary N) is 1. The van der Waals surface area contributed by atoms with Crippen molar-refractivity contribution < 1.29 is 19.0 Å². The lowest BCUT2D eigenvalue weighted by atomic mass is 10.2. The van der Waals surface area contributed by atoms with Gasteiger partial charge in [0.15, 0.2) is 11.5 Å². The molecule has 0 aliphatic carbocycles. The Balaban J connectivity index is 1.57. The lowest BCUT2D eigenvalue weighted by Gasteiger charge is -2.20. The van der Waals surface area contributed by atoms with Gasteiger partial charge in [-0.1, -0.05) is 0 Å². The topological polar surface area (TPSA) is 61.7 Å². The molecule has 3 heterocycles. The van der Waals surface area contributed by atoms with Crippen molar-refractivity contribution in [2.75, 3.05) is 26.4 Å². The van der Waals surface area contributed by atoms with Crippen LogP contribution in [0.1, 0.15) is 34.6 Å². The highest BCUT2D eigenvalue weighted by Crippen LogP contribution is 2.33. The molecule has 6 heteroatoms. The molecular formula is C20H24N2O4. The number of amides is 1.